The van der Waals surface area contributed by atoms with E-state index in [4.69, 9.17) is 0 Å². The first-order valence-corrected chi connectivity index (χ1v) is 8.88. The molecule has 3 N–H and O–H groups in total. The van der Waals surface area contributed by atoms with Crippen molar-refractivity contribution < 1.29 is 32.7 Å². The number of hydrogen-bond acceptors (Lipinski definition) is 3. The van der Waals surface area contributed by atoms with Gasteiger partial charge in [0.05, 0.1) is 22.4 Å². The van der Waals surface area contributed by atoms with E-state index < -0.39 is 29.5 Å². The number of anilines is 2. The molecule has 0 unspecified atom stereocenters. The molecule has 0 atom stereocenters. The average Bonchev–Trinajstić information content (AvgIpc) is 2.73. The first kappa shape index (κ1) is 21.6. The largest absolute Gasteiger partial charge is 0.478 e. The molecule has 6 nitrogen and oxygen atoms in total. The van der Waals surface area contributed by atoms with Crippen molar-refractivity contribution in [3.05, 3.63) is 95.1 Å². The van der Waals surface area contributed by atoms with Crippen LogP contribution < -0.4 is 10.6 Å². The van der Waals surface area contributed by atoms with E-state index in [2.05, 4.69) is 10.6 Å². The highest BCUT2D eigenvalue weighted by Crippen LogP contribution is 2.34. The van der Waals surface area contributed by atoms with Crippen LogP contribution in [0.4, 0.5) is 24.5 Å². The van der Waals surface area contributed by atoms with E-state index >= 15 is 0 Å². The van der Waals surface area contributed by atoms with Crippen LogP contribution >= 0.6 is 0 Å². The maximum absolute atomic E-state index is 13.1. The molecule has 0 heterocycles. The van der Waals surface area contributed by atoms with Crippen molar-refractivity contribution in [3.8, 4) is 0 Å². The van der Waals surface area contributed by atoms with Crippen LogP contribution in [0.2, 0.25) is 0 Å². The number of nitrogens with one attached hydrogen (secondary N) is 2. The standard InChI is InChI=1S/C22H15F3N2O4/c23-22(24,25)17-7-3-4-8-18(17)27-19(28)13-9-11-14(12-10-13)26-20(29)15-5-1-2-6-16(15)21(30)31/h1-12H,(H,26,29)(H,27,28)(H,30,31). The first-order valence-electron chi connectivity index (χ1n) is 8.88. The molecule has 0 aliphatic rings. The van der Waals surface area contributed by atoms with Crippen LogP contribution in [0.1, 0.15) is 36.6 Å². The topological polar surface area (TPSA) is 95.5 Å². The van der Waals surface area contributed by atoms with Gasteiger partial charge in [-0.25, -0.2) is 4.79 Å². The van der Waals surface area contributed by atoms with E-state index in [1.807, 2.05) is 0 Å². The lowest BCUT2D eigenvalue weighted by atomic mass is 10.1. The molecule has 0 fully saturated rings. The van der Waals surface area contributed by atoms with Crippen LogP contribution in [0, 0.1) is 0 Å². The Hall–Kier alpha value is -4.14. The zero-order valence-electron chi connectivity index (χ0n) is 15.7. The second-order valence-electron chi connectivity index (χ2n) is 6.38. The highest BCUT2D eigenvalue weighted by Gasteiger charge is 2.33. The lowest BCUT2D eigenvalue weighted by Gasteiger charge is -2.13. The predicted octanol–water partition coefficient (Wildman–Crippen LogP) is 4.91. The van der Waals surface area contributed by atoms with E-state index in [-0.39, 0.29) is 28.1 Å². The Kier molecular flexibility index (Phi) is 6.05. The Labute approximate surface area is 174 Å². The minimum Gasteiger partial charge on any atom is -0.478 e. The molecule has 0 radical (unpaired) electrons. The quantitative estimate of drug-likeness (QED) is 0.538. The zero-order chi connectivity index (χ0) is 22.6. The highest BCUT2D eigenvalue weighted by atomic mass is 19.4. The van der Waals surface area contributed by atoms with Crippen molar-refractivity contribution in [2.45, 2.75) is 6.18 Å². The van der Waals surface area contributed by atoms with Gasteiger partial charge in [0.2, 0.25) is 0 Å². The number of rotatable bonds is 5. The van der Waals surface area contributed by atoms with Gasteiger partial charge >= 0.3 is 12.1 Å². The Morgan fingerprint density at radius 1 is 0.710 bits per heavy atom. The number of carbonyl (C=O) groups excluding carboxylic acids is 2. The normalized spacial score (nSPS) is 10.9. The first-order chi connectivity index (χ1) is 14.7. The van der Waals surface area contributed by atoms with E-state index in [0.717, 1.165) is 12.1 Å². The number of hydrogen-bond donors (Lipinski definition) is 3. The summed E-state index contributed by atoms with van der Waals surface area (Å²) < 4.78 is 39.2. The summed E-state index contributed by atoms with van der Waals surface area (Å²) in [5, 5.41) is 13.9. The number of benzene rings is 3. The van der Waals surface area contributed by atoms with Gasteiger partial charge in [0, 0.05) is 11.3 Å². The van der Waals surface area contributed by atoms with Crippen molar-refractivity contribution in [1.82, 2.24) is 0 Å². The third-order valence-corrected chi connectivity index (χ3v) is 4.29. The van der Waals surface area contributed by atoms with Gasteiger partial charge in [-0.2, -0.15) is 13.2 Å². The van der Waals surface area contributed by atoms with Crippen LogP contribution in [0.5, 0.6) is 0 Å². The summed E-state index contributed by atoms with van der Waals surface area (Å²) in [5.41, 5.74) is -1.20. The average molecular weight is 428 g/mol. The third kappa shape index (κ3) is 5.08. The fourth-order valence-electron chi connectivity index (χ4n) is 2.80. The van der Waals surface area contributed by atoms with Crippen molar-refractivity contribution in [2.75, 3.05) is 10.6 Å². The van der Waals surface area contributed by atoms with Gasteiger partial charge in [-0.3, -0.25) is 9.59 Å². The molecule has 0 spiro atoms. The molecule has 2 amide bonds. The Bertz CT molecular complexity index is 1140. The minimum atomic E-state index is -4.62. The van der Waals surface area contributed by atoms with Gasteiger partial charge in [-0.15, -0.1) is 0 Å². The molecule has 0 bridgehead atoms. The van der Waals surface area contributed by atoms with Crippen molar-refractivity contribution in [1.29, 1.82) is 0 Å². The van der Waals surface area contributed by atoms with Gasteiger partial charge in [0.1, 0.15) is 0 Å². The smallest absolute Gasteiger partial charge is 0.418 e. The number of halogens is 3. The van der Waals surface area contributed by atoms with Gasteiger partial charge in [0.25, 0.3) is 11.8 Å². The van der Waals surface area contributed by atoms with Crippen LogP contribution in [0.25, 0.3) is 0 Å². The Morgan fingerprint density at radius 3 is 1.90 bits per heavy atom. The lowest BCUT2D eigenvalue weighted by molar-refractivity contribution is -0.136. The summed E-state index contributed by atoms with van der Waals surface area (Å²) in [6.07, 6.45) is -4.62. The highest BCUT2D eigenvalue weighted by molar-refractivity contribution is 6.11. The summed E-state index contributed by atoms with van der Waals surface area (Å²) in [4.78, 5) is 35.9. The van der Waals surface area contributed by atoms with Crippen LogP contribution in [-0.2, 0) is 6.18 Å². The summed E-state index contributed by atoms with van der Waals surface area (Å²) in [5.74, 6) is -2.67. The fourth-order valence-corrected chi connectivity index (χ4v) is 2.80. The Balaban J connectivity index is 1.73. The second kappa shape index (κ2) is 8.70. The van der Waals surface area contributed by atoms with Crippen molar-refractivity contribution in [3.63, 3.8) is 0 Å². The van der Waals surface area contributed by atoms with Gasteiger partial charge in [0.15, 0.2) is 0 Å². The fraction of sp³-hybridized carbons (Fsp3) is 0.0455. The number of para-hydroxylation sites is 1. The Morgan fingerprint density at radius 2 is 1.29 bits per heavy atom. The molecular formula is C22H15F3N2O4. The zero-order valence-corrected chi connectivity index (χ0v) is 15.7. The summed E-state index contributed by atoms with van der Waals surface area (Å²) >= 11 is 0. The van der Waals surface area contributed by atoms with Crippen LogP contribution in [0.3, 0.4) is 0 Å². The van der Waals surface area contributed by atoms with E-state index in [1.54, 1.807) is 0 Å². The van der Waals surface area contributed by atoms with Gasteiger partial charge in [-0.1, -0.05) is 24.3 Å². The third-order valence-electron chi connectivity index (χ3n) is 4.29. The summed E-state index contributed by atoms with van der Waals surface area (Å²) in [6, 6.07) is 15.7. The van der Waals surface area contributed by atoms with Crippen LogP contribution in [-0.4, -0.2) is 22.9 Å². The maximum atomic E-state index is 13.1. The van der Waals surface area contributed by atoms with Crippen molar-refractivity contribution in [2.24, 2.45) is 0 Å². The lowest BCUT2D eigenvalue weighted by Crippen LogP contribution is -2.17. The molecule has 0 aliphatic carbocycles. The number of carboxylic acids is 1. The number of alkyl halides is 3. The molecule has 3 aromatic carbocycles. The molecule has 0 aromatic heterocycles. The van der Waals surface area contributed by atoms with Gasteiger partial charge < -0.3 is 15.7 Å². The second-order valence-corrected chi connectivity index (χ2v) is 6.38. The molecule has 0 saturated carbocycles. The summed E-state index contributed by atoms with van der Waals surface area (Å²) in [6.45, 7) is 0. The van der Waals surface area contributed by atoms with E-state index in [0.29, 0.717) is 0 Å². The summed E-state index contributed by atoms with van der Waals surface area (Å²) in [7, 11) is 0. The number of carbonyl (C=O) groups is 3. The molecule has 3 aromatic rings. The maximum Gasteiger partial charge on any atom is 0.418 e. The SMILES string of the molecule is O=C(Nc1ccccc1C(F)(F)F)c1ccc(NC(=O)c2ccccc2C(=O)O)cc1. The number of amides is 2. The van der Waals surface area contributed by atoms with Crippen LogP contribution in [0.15, 0.2) is 72.8 Å². The molecule has 0 saturated heterocycles. The molecule has 9 heteroatoms. The molecule has 3 rings (SSSR count). The predicted molar refractivity (Wildman–Crippen MR) is 107 cm³/mol. The van der Waals surface area contributed by atoms with Gasteiger partial charge in [-0.05, 0) is 48.5 Å². The van der Waals surface area contributed by atoms with Crippen molar-refractivity contribution >= 4 is 29.2 Å². The van der Waals surface area contributed by atoms with E-state index in [1.165, 1.54) is 60.7 Å². The van der Waals surface area contributed by atoms with E-state index in [9.17, 15) is 32.7 Å². The molecule has 158 valence electrons. The molecule has 0 aliphatic heterocycles. The monoisotopic (exact) mass is 428 g/mol. The number of carboxylic acid groups (broad SMARTS) is 1. The minimum absolute atomic E-state index is 0.0411. The molecule has 31 heavy (non-hydrogen) atoms. The number of aromatic carboxylic acids is 1. The molecular weight excluding hydrogens is 413 g/mol.